The largest absolute Gasteiger partial charge is 0.463 e. The van der Waals surface area contributed by atoms with Crippen molar-refractivity contribution in [3.63, 3.8) is 0 Å². The van der Waals surface area contributed by atoms with Crippen LogP contribution in [-0.4, -0.2) is 47.7 Å². The van der Waals surface area contributed by atoms with Crippen molar-refractivity contribution >= 4 is 11.9 Å². The molecule has 10 atom stereocenters. The van der Waals surface area contributed by atoms with Gasteiger partial charge in [-0.15, -0.1) is 0 Å². The fourth-order valence-corrected chi connectivity index (χ4v) is 11.4. The van der Waals surface area contributed by atoms with Crippen LogP contribution in [0.2, 0.25) is 0 Å². The average Bonchev–Trinajstić information content (AvgIpc) is 3.50. The number of aliphatic hydroxyl groups is 1. The van der Waals surface area contributed by atoms with Crippen LogP contribution in [-0.2, 0) is 24.0 Å². The normalized spacial score (nSPS) is 49.9. The molecule has 7 saturated carbocycles. The Balaban J connectivity index is 1.28. The van der Waals surface area contributed by atoms with E-state index in [1.54, 1.807) is 0 Å². The van der Waals surface area contributed by atoms with E-state index in [2.05, 4.69) is 18.7 Å². The summed E-state index contributed by atoms with van der Waals surface area (Å²) in [6.45, 7) is 4.61. The highest BCUT2D eigenvalue weighted by Crippen LogP contribution is 2.69. The Hall–Kier alpha value is -1.18. The first-order chi connectivity index (χ1) is 17.4. The minimum atomic E-state index is -0.494. The van der Waals surface area contributed by atoms with Gasteiger partial charge in [0.15, 0.2) is 0 Å². The summed E-state index contributed by atoms with van der Waals surface area (Å²) in [5.41, 5.74) is -0.599. The summed E-state index contributed by atoms with van der Waals surface area (Å²) in [7, 11) is 0. The van der Waals surface area contributed by atoms with Crippen LogP contribution in [0.3, 0.4) is 0 Å². The van der Waals surface area contributed by atoms with Crippen molar-refractivity contribution < 1.29 is 34.3 Å². The van der Waals surface area contributed by atoms with Crippen LogP contribution < -0.4 is 0 Å². The molecule has 0 amide bonds. The second-order valence-corrected chi connectivity index (χ2v) is 13.6. The number of ether oxygens (including phenoxy) is 2. The van der Waals surface area contributed by atoms with Gasteiger partial charge in [-0.3, -0.25) is 14.8 Å². The first-order valence-corrected chi connectivity index (χ1v) is 14.6. The van der Waals surface area contributed by atoms with Crippen molar-refractivity contribution in [2.45, 2.75) is 83.7 Å². The zero-order valence-electron chi connectivity index (χ0n) is 21.9. The van der Waals surface area contributed by atoms with Gasteiger partial charge in [-0.25, -0.2) is 4.89 Å². The van der Waals surface area contributed by atoms with Gasteiger partial charge in [-0.2, -0.15) is 0 Å². The van der Waals surface area contributed by atoms with E-state index in [-0.39, 0.29) is 42.4 Å². The molecular weight excluding hydrogens is 460 g/mol. The van der Waals surface area contributed by atoms with E-state index in [1.165, 1.54) is 12.8 Å². The van der Waals surface area contributed by atoms with Crippen LogP contribution in [0.1, 0.15) is 78.1 Å². The summed E-state index contributed by atoms with van der Waals surface area (Å²) < 4.78 is 12.1. The maximum absolute atomic E-state index is 14.1. The fraction of sp³-hybridized carbons (Fsp3) is 0.931. The molecular formula is C29H44O7. The van der Waals surface area contributed by atoms with Crippen molar-refractivity contribution in [2.24, 2.45) is 64.6 Å². The first kappa shape index (κ1) is 25.1. The quantitative estimate of drug-likeness (QED) is 0.271. The number of hydrogen-bond donors (Lipinski definition) is 2. The maximum atomic E-state index is 14.1. The van der Waals surface area contributed by atoms with Gasteiger partial charge in [0.25, 0.3) is 0 Å². The molecule has 0 aromatic heterocycles. The molecule has 7 nitrogen and oxygen atoms in total. The van der Waals surface area contributed by atoms with Gasteiger partial charge in [-0.05, 0) is 98.7 Å². The number of aliphatic hydroxyl groups excluding tert-OH is 1. The summed E-state index contributed by atoms with van der Waals surface area (Å²) in [5.74, 6) is 2.19. The fourth-order valence-electron chi connectivity index (χ4n) is 11.4. The molecule has 6 bridgehead atoms. The second-order valence-electron chi connectivity index (χ2n) is 13.6. The monoisotopic (exact) mass is 504 g/mol. The SMILES string of the molecule is CCC1CC(CC)C2C3CC(C(C(=O)OCCO)C3C(=O)OC34CC5CC(CC(COO)(C5)C3)C4)C12. The van der Waals surface area contributed by atoms with Gasteiger partial charge in [0.1, 0.15) is 12.2 Å². The Morgan fingerprint density at radius 2 is 1.47 bits per heavy atom. The Bertz CT molecular complexity index is 858. The third-order valence-corrected chi connectivity index (χ3v) is 11.7. The summed E-state index contributed by atoms with van der Waals surface area (Å²) >= 11 is 0. The second kappa shape index (κ2) is 9.23. The predicted octanol–water partition coefficient (Wildman–Crippen LogP) is 4.46. The third-order valence-electron chi connectivity index (χ3n) is 11.7. The van der Waals surface area contributed by atoms with Crippen molar-refractivity contribution in [2.75, 3.05) is 19.8 Å². The molecule has 2 N–H and O–H groups in total. The van der Waals surface area contributed by atoms with Gasteiger partial charge in [-0.1, -0.05) is 26.7 Å². The Morgan fingerprint density at radius 1 is 0.861 bits per heavy atom. The zero-order chi connectivity index (χ0) is 25.2. The third kappa shape index (κ3) is 3.78. The van der Waals surface area contributed by atoms with E-state index in [9.17, 15) is 20.0 Å². The van der Waals surface area contributed by atoms with E-state index < -0.39 is 17.4 Å². The summed E-state index contributed by atoms with van der Waals surface area (Å²) in [6.07, 6.45) is 10.2. The highest BCUT2D eigenvalue weighted by Gasteiger charge is 2.68. The molecule has 0 spiro atoms. The molecule has 10 unspecified atom stereocenters. The Morgan fingerprint density at radius 3 is 2.03 bits per heavy atom. The van der Waals surface area contributed by atoms with Crippen molar-refractivity contribution in [1.29, 1.82) is 0 Å². The van der Waals surface area contributed by atoms with Crippen molar-refractivity contribution in [3.8, 4) is 0 Å². The molecule has 202 valence electrons. The van der Waals surface area contributed by atoms with E-state index in [4.69, 9.17) is 9.47 Å². The molecule has 7 aliphatic rings. The van der Waals surface area contributed by atoms with E-state index in [1.807, 2.05) is 0 Å². The molecule has 0 aliphatic heterocycles. The van der Waals surface area contributed by atoms with Gasteiger partial charge < -0.3 is 14.6 Å². The number of esters is 2. The summed E-state index contributed by atoms with van der Waals surface area (Å²) in [6, 6.07) is 0. The molecule has 36 heavy (non-hydrogen) atoms. The van der Waals surface area contributed by atoms with Crippen LogP contribution in [0.4, 0.5) is 0 Å². The average molecular weight is 505 g/mol. The molecule has 0 heterocycles. The maximum Gasteiger partial charge on any atom is 0.310 e. The van der Waals surface area contributed by atoms with Crippen LogP contribution in [0, 0.1) is 64.6 Å². The molecule has 0 aromatic carbocycles. The van der Waals surface area contributed by atoms with Crippen molar-refractivity contribution in [3.05, 3.63) is 0 Å². The lowest BCUT2D eigenvalue weighted by atomic mass is 9.48. The van der Waals surface area contributed by atoms with E-state index >= 15 is 0 Å². The number of rotatable bonds is 9. The topological polar surface area (TPSA) is 102 Å². The lowest BCUT2D eigenvalue weighted by Crippen LogP contribution is -2.59. The molecule has 0 radical (unpaired) electrons. The number of hydrogen-bond acceptors (Lipinski definition) is 7. The molecule has 0 aromatic rings. The van der Waals surface area contributed by atoms with E-state index in [0.29, 0.717) is 42.1 Å². The summed E-state index contributed by atoms with van der Waals surface area (Å²) in [4.78, 5) is 32.2. The van der Waals surface area contributed by atoms with E-state index in [0.717, 1.165) is 51.4 Å². The molecule has 7 aliphatic carbocycles. The van der Waals surface area contributed by atoms with Crippen LogP contribution in [0.15, 0.2) is 0 Å². The Kier molecular flexibility index (Phi) is 6.44. The molecule has 7 fully saturated rings. The minimum absolute atomic E-state index is 0.0195. The minimum Gasteiger partial charge on any atom is -0.463 e. The number of carbonyl (C=O) groups is 2. The number of carbonyl (C=O) groups excluding carboxylic acids is 2. The summed E-state index contributed by atoms with van der Waals surface area (Å²) in [5, 5.41) is 18.6. The molecule has 7 heteroatoms. The van der Waals surface area contributed by atoms with Gasteiger partial charge >= 0.3 is 11.9 Å². The molecule has 7 rings (SSSR count). The number of fused-ring (bicyclic) bond motifs is 5. The van der Waals surface area contributed by atoms with Gasteiger partial charge in [0.05, 0.1) is 25.0 Å². The lowest BCUT2D eigenvalue weighted by molar-refractivity contribution is -0.289. The van der Waals surface area contributed by atoms with Gasteiger partial charge in [0, 0.05) is 5.41 Å². The van der Waals surface area contributed by atoms with Crippen LogP contribution in [0.25, 0.3) is 0 Å². The van der Waals surface area contributed by atoms with Crippen molar-refractivity contribution in [1.82, 2.24) is 0 Å². The van der Waals surface area contributed by atoms with Gasteiger partial charge in [0.2, 0.25) is 0 Å². The predicted molar refractivity (Wildman–Crippen MR) is 130 cm³/mol. The highest BCUT2D eigenvalue weighted by atomic mass is 17.1. The van der Waals surface area contributed by atoms with Crippen LogP contribution >= 0.6 is 0 Å². The molecule has 0 saturated heterocycles. The lowest BCUT2D eigenvalue weighted by Gasteiger charge is -2.61. The standard InChI is InChI=1S/C29H44O7/c1-3-18-8-19(4-2)23-21-9-20(22(18)23)24(26(31)34-6-5-30)25(21)27(32)36-29-12-16-7-17(13-29)11-28(10-16,14-29)15-35-33/h16-25,30,33H,3-15H2,1-2H3. The Labute approximate surface area is 214 Å². The highest BCUT2D eigenvalue weighted by molar-refractivity contribution is 5.84. The first-order valence-electron chi connectivity index (χ1n) is 14.6. The zero-order valence-corrected chi connectivity index (χ0v) is 21.9. The smallest absolute Gasteiger partial charge is 0.310 e. The van der Waals surface area contributed by atoms with Crippen LogP contribution in [0.5, 0.6) is 0 Å².